The van der Waals surface area contributed by atoms with Crippen molar-refractivity contribution in [3.8, 4) is 18.1 Å². The number of hydrogen-bond acceptors (Lipinski definition) is 4. The summed E-state index contributed by atoms with van der Waals surface area (Å²) in [6.07, 6.45) is 10.8. The van der Waals surface area contributed by atoms with Crippen LogP contribution in [-0.2, 0) is 9.57 Å². The number of nitrogens with zero attached hydrogens (tertiary/aromatic N) is 1. The van der Waals surface area contributed by atoms with Gasteiger partial charge < -0.3 is 14.8 Å². The Morgan fingerprint density at radius 1 is 1.09 bits per heavy atom. The van der Waals surface area contributed by atoms with Crippen LogP contribution in [-0.4, -0.2) is 37.6 Å². The fraction of sp³-hybridized carbons (Fsp3) is 0.444. The van der Waals surface area contributed by atoms with Gasteiger partial charge in [0.15, 0.2) is 6.79 Å². The van der Waals surface area contributed by atoms with Gasteiger partial charge in [-0.3, -0.25) is 4.84 Å². The molecule has 0 aliphatic rings. The van der Waals surface area contributed by atoms with Crippen LogP contribution in [0.15, 0.2) is 54.6 Å². The Labute approximate surface area is 210 Å². The van der Waals surface area contributed by atoms with Crippen molar-refractivity contribution >= 4 is 23.3 Å². The third kappa shape index (κ3) is 15.2. The van der Waals surface area contributed by atoms with E-state index < -0.39 is 11.6 Å². The fourth-order valence-electron chi connectivity index (χ4n) is 2.15. The maximum Gasteiger partial charge on any atom is 0.345 e. The molecule has 0 saturated carbocycles. The summed E-state index contributed by atoms with van der Waals surface area (Å²) in [5.41, 5.74) is -0.207. The largest absolute Gasteiger partial charge is 0.466 e. The number of ether oxygens (including phenoxy) is 2. The molecule has 0 bridgehead atoms. The Kier molecular flexibility index (Phi) is 17.2. The quantitative estimate of drug-likeness (QED) is 0.172. The summed E-state index contributed by atoms with van der Waals surface area (Å²) in [4.78, 5) is 16.4. The highest BCUT2D eigenvalue weighted by atomic mass is 35.5. The molecule has 0 atom stereocenters. The van der Waals surface area contributed by atoms with Crippen molar-refractivity contribution in [1.82, 2.24) is 5.06 Å². The number of urea groups is 1. The third-order valence-corrected chi connectivity index (χ3v) is 4.64. The van der Waals surface area contributed by atoms with Gasteiger partial charge in [0.2, 0.25) is 0 Å². The summed E-state index contributed by atoms with van der Waals surface area (Å²) in [6.45, 7) is 7.94. The molecule has 0 spiro atoms. The molecule has 0 heterocycles. The van der Waals surface area contributed by atoms with Gasteiger partial charge in [-0.1, -0.05) is 93.5 Å². The number of nitrogens with one attached hydrogen (secondary N) is 1. The first-order valence-corrected chi connectivity index (χ1v) is 11.7. The Morgan fingerprint density at radius 3 is 2.03 bits per heavy atom. The summed E-state index contributed by atoms with van der Waals surface area (Å²) in [6, 6.07) is 16.4. The topological polar surface area (TPSA) is 60.0 Å². The number of hydrogen-bond donors (Lipinski definition) is 1. The van der Waals surface area contributed by atoms with E-state index in [4.69, 9.17) is 32.3 Å². The van der Waals surface area contributed by atoms with Crippen LogP contribution in [0.5, 0.6) is 5.75 Å². The van der Waals surface area contributed by atoms with Gasteiger partial charge in [-0.2, -0.15) is 0 Å². The SMILES string of the molecule is C#CC(C)(C)OCOc1ccc(NC(=O)N(C)OC)cc1Cl.CCCCCC.c1ccccc1. The first-order chi connectivity index (χ1) is 16.2. The van der Waals surface area contributed by atoms with Crippen molar-refractivity contribution in [3.05, 3.63) is 59.6 Å². The van der Waals surface area contributed by atoms with E-state index in [1.807, 2.05) is 36.4 Å². The Bertz CT molecular complexity index is 808. The lowest BCUT2D eigenvalue weighted by Crippen LogP contribution is -2.30. The van der Waals surface area contributed by atoms with Crippen LogP contribution in [0.2, 0.25) is 5.02 Å². The van der Waals surface area contributed by atoms with Gasteiger partial charge in [-0.25, -0.2) is 9.86 Å². The van der Waals surface area contributed by atoms with E-state index in [2.05, 4.69) is 25.1 Å². The van der Waals surface area contributed by atoms with Crippen LogP contribution >= 0.6 is 11.6 Å². The average Bonchev–Trinajstić information content (AvgIpc) is 2.85. The van der Waals surface area contributed by atoms with Crippen LogP contribution in [0, 0.1) is 12.3 Å². The molecule has 34 heavy (non-hydrogen) atoms. The molecule has 0 saturated heterocycles. The average molecular weight is 491 g/mol. The van der Waals surface area contributed by atoms with Gasteiger partial charge in [0.1, 0.15) is 11.4 Å². The lowest BCUT2D eigenvalue weighted by molar-refractivity contribution is -0.0598. The zero-order valence-electron chi connectivity index (χ0n) is 21.3. The number of unbranched alkanes of at least 4 members (excludes halogenated alkanes) is 3. The fourth-order valence-corrected chi connectivity index (χ4v) is 2.38. The minimum atomic E-state index is -0.717. The Morgan fingerprint density at radius 2 is 1.62 bits per heavy atom. The van der Waals surface area contributed by atoms with Gasteiger partial charge in [-0.05, 0) is 32.0 Å². The first-order valence-electron chi connectivity index (χ1n) is 11.3. The Hall–Kier alpha value is -2.72. The number of halogens is 1. The smallest absolute Gasteiger partial charge is 0.345 e. The van der Waals surface area contributed by atoms with Crippen LogP contribution in [0.3, 0.4) is 0 Å². The third-order valence-electron chi connectivity index (χ3n) is 4.35. The number of amides is 2. The molecule has 188 valence electrons. The minimum Gasteiger partial charge on any atom is -0.466 e. The molecule has 0 aliphatic carbocycles. The summed E-state index contributed by atoms with van der Waals surface area (Å²) >= 11 is 6.09. The van der Waals surface area contributed by atoms with Crippen LogP contribution in [0.25, 0.3) is 0 Å². The summed E-state index contributed by atoms with van der Waals surface area (Å²) in [5, 5.41) is 4.00. The van der Waals surface area contributed by atoms with Gasteiger partial charge >= 0.3 is 6.03 Å². The molecule has 2 rings (SSSR count). The molecule has 0 unspecified atom stereocenters. The van der Waals surface area contributed by atoms with Crippen molar-refractivity contribution in [2.75, 3.05) is 26.3 Å². The molecule has 2 amide bonds. The maximum absolute atomic E-state index is 11.6. The van der Waals surface area contributed by atoms with E-state index in [9.17, 15) is 4.79 Å². The van der Waals surface area contributed by atoms with Gasteiger partial charge in [0.25, 0.3) is 0 Å². The van der Waals surface area contributed by atoms with Crippen molar-refractivity contribution in [3.63, 3.8) is 0 Å². The van der Waals surface area contributed by atoms with Gasteiger partial charge in [0.05, 0.1) is 12.1 Å². The molecule has 2 aromatic carbocycles. The summed E-state index contributed by atoms with van der Waals surface area (Å²) in [7, 11) is 2.88. The van der Waals surface area contributed by atoms with Crippen LogP contribution < -0.4 is 10.1 Å². The van der Waals surface area contributed by atoms with Crippen molar-refractivity contribution in [2.45, 2.75) is 59.0 Å². The zero-order chi connectivity index (χ0) is 25.8. The monoisotopic (exact) mass is 490 g/mol. The number of terminal acetylenes is 1. The molecular formula is C27H39ClN2O4. The van der Waals surface area contributed by atoms with E-state index in [1.54, 1.807) is 32.0 Å². The van der Waals surface area contributed by atoms with E-state index >= 15 is 0 Å². The summed E-state index contributed by atoms with van der Waals surface area (Å²) in [5.74, 6) is 2.91. The molecule has 0 fully saturated rings. The number of benzene rings is 2. The lowest BCUT2D eigenvalue weighted by atomic mass is 10.2. The van der Waals surface area contributed by atoms with E-state index in [0.29, 0.717) is 16.5 Å². The molecule has 1 N–H and O–H groups in total. The first kappa shape index (κ1) is 31.3. The molecule has 0 aliphatic heterocycles. The van der Waals surface area contributed by atoms with E-state index in [-0.39, 0.29) is 6.79 Å². The lowest BCUT2D eigenvalue weighted by Gasteiger charge is -2.19. The predicted octanol–water partition coefficient (Wildman–Crippen LogP) is 7.40. The zero-order valence-corrected chi connectivity index (χ0v) is 22.0. The molecular weight excluding hydrogens is 452 g/mol. The normalized spacial score (nSPS) is 9.94. The Balaban J connectivity index is 0.000000735. The highest BCUT2D eigenvalue weighted by Crippen LogP contribution is 2.28. The van der Waals surface area contributed by atoms with Crippen LogP contribution in [0.1, 0.15) is 53.4 Å². The van der Waals surface area contributed by atoms with E-state index in [1.165, 1.54) is 39.8 Å². The number of hydroxylamine groups is 2. The standard InChI is InChI=1S/C15H19ClN2O4.C6H6.C6H14/c1-6-15(2,3)22-10-21-13-8-7-11(9-12(13)16)17-14(19)18(4)20-5;1-2-4-6-5-3-1;1-3-5-6-4-2/h1,7-9H,10H2,2-5H3,(H,17,19);1-6H;3-6H2,1-2H3. The number of carbonyl (C=O) groups excluding carboxylic acids is 1. The molecule has 7 heteroatoms. The number of anilines is 1. The molecule has 6 nitrogen and oxygen atoms in total. The maximum atomic E-state index is 11.6. The molecule has 0 aromatic heterocycles. The van der Waals surface area contributed by atoms with Crippen molar-refractivity contribution in [2.24, 2.45) is 0 Å². The van der Waals surface area contributed by atoms with Gasteiger partial charge in [-0.15, -0.1) is 6.42 Å². The molecule has 0 radical (unpaired) electrons. The highest BCUT2D eigenvalue weighted by molar-refractivity contribution is 6.32. The minimum absolute atomic E-state index is 0.0327. The second-order valence-corrected chi connectivity index (χ2v) is 8.09. The van der Waals surface area contributed by atoms with Crippen molar-refractivity contribution < 1.29 is 19.1 Å². The number of carbonyl (C=O) groups is 1. The molecule has 2 aromatic rings. The van der Waals surface area contributed by atoms with E-state index in [0.717, 1.165) is 5.06 Å². The second-order valence-electron chi connectivity index (χ2n) is 7.68. The second kappa shape index (κ2) is 18.7. The van der Waals surface area contributed by atoms with Gasteiger partial charge in [0, 0.05) is 12.7 Å². The van der Waals surface area contributed by atoms with Crippen molar-refractivity contribution in [1.29, 1.82) is 0 Å². The number of rotatable bonds is 9. The highest BCUT2D eigenvalue weighted by Gasteiger charge is 2.15. The predicted molar refractivity (Wildman–Crippen MR) is 141 cm³/mol. The summed E-state index contributed by atoms with van der Waals surface area (Å²) < 4.78 is 10.8. The van der Waals surface area contributed by atoms with Crippen LogP contribution in [0.4, 0.5) is 10.5 Å².